The molecule has 0 amide bonds. The van der Waals surface area contributed by atoms with Crippen LogP contribution in [0.2, 0.25) is 0 Å². The highest BCUT2D eigenvalue weighted by Gasteiger charge is 2.06. The Labute approximate surface area is 169 Å². The van der Waals surface area contributed by atoms with Crippen molar-refractivity contribution in [3.8, 4) is 0 Å². The lowest BCUT2D eigenvalue weighted by Gasteiger charge is -2.08. The number of carbonyl (C=O) groups excluding carboxylic acids is 1. The maximum Gasteiger partial charge on any atom is 0.305 e. The molecular formula is C24H46O3. The van der Waals surface area contributed by atoms with E-state index in [1.54, 1.807) is 0 Å². The van der Waals surface area contributed by atoms with Crippen LogP contribution in [0.5, 0.6) is 0 Å². The van der Waals surface area contributed by atoms with Gasteiger partial charge in [0.1, 0.15) is 6.61 Å². The van der Waals surface area contributed by atoms with Crippen molar-refractivity contribution >= 4 is 5.97 Å². The zero-order valence-corrected chi connectivity index (χ0v) is 18.2. The predicted molar refractivity (Wildman–Crippen MR) is 116 cm³/mol. The van der Waals surface area contributed by atoms with Crippen LogP contribution in [0.1, 0.15) is 123 Å². The topological polar surface area (TPSA) is 46.5 Å². The van der Waals surface area contributed by atoms with E-state index in [0.29, 0.717) is 12.8 Å². The van der Waals surface area contributed by atoms with Crippen molar-refractivity contribution < 1.29 is 14.6 Å². The van der Waals surface area contributed by atoms with E-state index in [1.165, 1.54) is 83.5 Å². The fraction of sp³-hybridized carbons (Fsp3) is 0.875. The molecule has 0 aromatic carbocycles. The smallest absolute Gasteiger partial charge is 0.305 e. The van der Waals surface area contributed by atoms with Crippen LogP contribution < -0.4 is 0 Å². The van der Waals surface area contributed by atoms with E-state index in [4.69, 9.17) is 4.74 Å². The maximum absolute atomic E-state index is 11.5. The molecular weight excluding hydrogens is 336 g/mol. The van der Waals surface area contributed by atoms with Crippen LogP contribution in [0.4, 0.5) is 0 Å². The molecule has 0 radical (unpaired) electrons. The minimum atomic E-state index is -0.514. The van der Waals surface area contributed by atoms with E-state index in [-0.39, 0.29) is 12.6 Å². The number of carbonyl (C=O) groups is 1. The van der Waals surface area contributed by atoms with Gasteiger partial charge in [0.15, 0.2) is 0 Å². The highest BCUT2D eigenvalue weighted by atomic mass is 16.5. The van der Waals surface area contributed by atoms with E-state index in [9.17, 15) is 9.90 Å². The first kappa shape index (κ1) is 26.2. The number of rotatable bonds is 20. The molecule has 27 heavy (non-hydrogen) atoms. The number of unbranched alkanes of at least 4 members (excludes halogenated alkanes) is 13. The van der Waals surface area contributed by atoms with Crippen molar-refractivity contribution in [2.45, 2.75) is 129 Å². The van der Waals surface area contributed by atoms with E-state index in [0.717, 1.165) is 12.8 Å². The first-order valence-corrected chi connectivity index (χ1v) is 11.7. The fourth-order valence-corrected chi connectivity index (χ4v) is 3.07. The van der Waals surface area contributed by atoms with Gasteiger partial charge in [0.25, 0.3) is 0 Å². The summed E-state index contributed by atoms with van der Waals surface area (Å²) in [6.45, 7) is 4.29. The Kier molecular flexibility index (Phi) is 20.8. The van der Waals surface area contributed by atoms with E-state index in [1.807, 2.05) is 6.92 Å². The van der Waals surface area contributed by atoms with Gasteiger partial charge in [-0.1, -0.05) is 90.2 Å². The normalized spacial score (nSPS) is 12.6. The summed E-state index contributed by atoms with van der Waals surface area (Å²) in [6, 6.07) is 0. The molecule has 0 saturated heterocycles. The molecule has 0 fully saturated rings. The van der Waals surface area contributed by atoms with Gasteiger partial charge >= 0.3 is 5.97 Å². The van der Waals surface area contributed by atoms with Crippen molar-refractivity contribution in [3.63, 3.8) is 0 Å². The zero-order valence-electron chi connectivity index (χ0n) is 18.2. The van der Waals surface area contributed by atoms with Crippen LogP contribution in [0.3, 0.4) is 0 Å². The van der Waals surface area contributed by atoms with E-state index in [2.05, 4.69) is 19.1 Å². The second kappa shape index (κ2) is 21.5. The lowest BCUT2D eigenvalue weighted by atomic mass is 10.1. The summed E-state index contributed by atoms with van der Waals surface area (Å²) in [5, 5.41) is 9.35. The molecule has 0 spiro atoms. The quantitative estimate of drug-likeness (QED) is 0.138. The van der Waals surface area contributed by atoms with Crippen LogP contribution >= 0.6 is 0 Å². The minimum Gasteiger partial charge on any atom is -0.463 e. The van der Waals surface area contributed by atoms with Crippen molar-refractivity contribution in [2.24, 2.45) is 0 Å². The number of allylic oxidation sites excluding steroid dienone is 2. The van der Waals surface area contributed by atoms with Crippen LogP contribution in [0.15, 0.2) is 12.2 Å². The first-order chi connectivity index (χ1) is 13.2. The number of aliphatic hydroxyl groups is 1. The minimum absolute atomic E-state index is 0.142. The van der Waals surface area contributed by atoms with Crippen molar-refractivity contribution in [3.05, 3.63) is 12.2 Å². The van der Waals surface area contributed by atoms with Crippen molar-refractivity contribution in [2.75, 3.05) is 6.61 Å². The first-order valence-electron chi connectivity index (χ1n) is 11.7. The molecule has 0 rings (SSSR count). The van der Waals surface area contributed by atoms with Gasteiger partial charge in [-0.25, -0.2) is 0 Å². The summed E-state index contributed by atoms with van der Waals surface area (Å²) < 4.78 is 5.03. The third kappa shape index (κ3) is 21.3. The molecule has 0 aliphatic heterocycles. The summed E-state index contributed by atoms with van der Waals surface area (Å²) in [7, 11) is 0. The summed E-state index contributed by atoms with van der Waals surface area (Å²) in [6.07, 6.45) is 24.5. The molecule has 1 N–H and O–H groups in total. The maximum atomic E-state index is 11.5. The van der Waals surface area contributed by atoms with Crippen molar-refractivity contribution in [1.29, 1.82) is 0 Å². The van der Waals surface area contributed by atoms with Gasteiger partial charge in [-0.2, -0.15) is 0 Å². The van der Waals surface area contributed by atoms with Gasteiger partial charge in [0, 0.05) is 6.42 Å². The SMILES string of the molecule is CCCCCCCC/C=C\CCCCCCCCCC(=O)OCC(O)CC. The Morgan fingerprint density at radius 1 is 0.778 bits per heavy atom. The number of hydrogen-bond donors (Lipinski definition) is 1. The molecule has 1 atom stereocenters. The summed E-state index contributed by atoms with van der Waals surface area (Å²) in [4.78, 5) is 11.5. The molecule has 0 aromatic rings. The highest BCUT2D eigenvalue weighted by Crippen LogP contribution is 2.11. The van der Waals surface area contributed by atoms with Gasteiger partial charge in [-0.3, -0.25) is 4.79 Å². The Hall–Kier alpha value is -0.830. The fourth-order valence-electron chi connectivity index (χ4n) is 3.07. The van der Waals surface area contributed by atoms with Crippen molar-refractivity contribution in [1.82, 2.24) is 0 Å². The molecule has 0 heterocycles. The van der Waals surface area contributed by atoms with Crippen LogP contribution in [0.25, 0.3) is 0 Å². The second-order valence-electron chi connectivity index (χ2n) is 7.79. The molecule has 3 heteroatoms. The zero-order chi connectivity index (χ0) is 20.0. The summed E-state index contributed by atoms with van der Waals surface area (Å²) >= 11 is 0. The summed E-state index contributed by atoms with van der Waals surface area (Å²) in [5.41, 5.74) is 0. The monoisotopic (exact) mass is 382 g/mol. The van der Waals surface area contributed by atoms with E-state index < -0.39 is 6.10 Å². The van der Waals surface area contributed by atoms with Gasteiger partial charge in [0.2, 0.25) is 0 Å². The third-order valence-electron chi connectivity index (χ3n) is 5.05. The number of ether oxygens (including phenoxy) is 1. The van der Waals surface area contributed by atoms with Crippen LogP contribution in [0, 0.1) is 0 Å². The average molecular weight is 383 g/mol. The highest BCUT2D eigenvalue weighted by molar-refractivity contribution is 5.69. The number of aliphatic hydroxyl groups excluding tert-OH is 1. The Morgan fingerprint density at radius 2 is 1.26 bits per heavy atom. The Balaban J connectivity index is 3.20. The van der Waals surface area contributed by atoms with E-state index >= 15 is 0 Å². The average Bonchev–Trinajstić information content (AvgIpc) is 2.68. The number of hydrogen-bond acceptors (Lipinski definition) is 3. The van der Waals surface area contributed by atoms with Crippen LogP contribution in [-0.2, 0) is 9.53 Å². The molecule has 0 aliphatic carbocycles. The predicted octanol–water partition coefficient (Wildman–Crippen LogP) is 7.12. The Bertz CT molecular complexity index is 339. The van der Waals surface area contributed by atoms with Crippen LogP contribution in [-0.4, -0.2) is 23.8 Å². The number of esters is 1. The summed E-state index contributed by atoms with van der Waals surface area (Å²) in [5.74, 6) is -0.171. The molecule has 0 bridgehead atoms. The van der Waals surface area contributed by atoms with Gasteiger partial charge < -0.3 is 9.84 Å². The molecule has 0 saturated carbocycles. The van der Waals surface area contributed by atoms with Gasteiger partial charge in [-0.05, 0) is 38.5 Å². The molecule has 160 valence electrons. The third-order valence-corrected chi connectivity index (χ3v) is 5.05. The molecule has 1 unspecified atom stereocenters. The van der Waals surface area contributed by atoms with Gasteiger partial charge in [0.05, 0.1) is 6.10 Å². The standard InChI is InChI=1S/C24H46O3/c1-3-5-6-7-8-9-10-11-12-13-14-15-16-17-18-19-20-21-24(26)27-22-23(25)4-2/h11-12,23,25H,3-10,13-22H2,1-2H3/b12-11-. The molecule has 0 aromatic heterocycles. The lowest BCUT2D eigenvalue weighted by molar-refractivity contribution is -0.146. The molecule has 0 aliphatic rings. The largest absolute Gasteiger partial charge is 0.463 e. The Morgan fingerprint density at radius 3 is 1.78 bits per heavy atom. The lowest BCUT2D eigenvalue weighted by Crippen LogP contribution is -2.17. The second-order valence-corrected chi connectivity index (χ2v) is 7.79. The molecule has 3 nitrogen and oxygen atoms in total. The van der Waals surface area contributed by atoms with Gasteiger partial charge in [-0.15, -0.1) is 0 Å².